The van der Waals surface area contributed by atoms with Crippen LogP contribution in [-0.2, 0) is 15.2 Å². The SMILES string of the molecule is COC(=O)C1=CC2c3ccc(C)cc3C(C)(F)C2C=C1. The minimum atomic E-state index is -1.40. The average Bonchev–Trinajstić information content (AvgIpc) is 2.66. The fourth-order valence-corrected chi connectivity index (χ4v) is 3.30. The summed E-state index contributed by atoms with van der Waals surface area (Å²) in [7, 11) is 1.36. The number of hydrogen-bond acceptors (Lipinski definition) is 2. The fourth-order valence-electron chi connectivity index (χ4n) is 3.30. The standard InChI is InChI=1S/C17H17FO2/c1-10-4-6-12-13-9-11(16(19)20-3)5-7-14(13)17(2,18)15(12)8-10/h4-9,13-14H,1-3H3. The maximum absolute atomic E-state index is 15.1. The Morgan fingerprint density at radius 1 is 1.40 bits per heavy atom. The lowest BCUT2D eigenvalue weighted by Gasteiger charge is -2.26. The number of fused-ring (bicyclic) bond motifs is 3. The number of benzene rings is 1. The molecule has 3 heteroatoms. The summed E-state index contributed by atoms with van der Waals surface area (Å²) in [6, 6.07) is 5.87. The molecule has 1 aromatic carbocycles. The van der Waals surface area contributed by atoms with Crippen LogP contribution in [0.4, 0.5) is 4.39 Å². The average molecular weight is 272 g/mol. The highest BCUT2D eigenvalue weighted by Crippen LogP contribution is 2.54. The first kappa shape index (κ1) is 13.1. The summed E-state index contributed by atoms with van der Waals surface area (Å²) in [5.74, 6) is -0.728. The first-order valence-electron chi connectivity index (χ1n) is 6.73. The molecule has 3 atom stereocenters. The highest BCUT2D eigenvalue weighted by atomic mass is 19.1. The number of rotatable bonds is 1. The molecule has 0 N–H and O–H groups in total. The summed E-state index contributed by atoms with van der Waals surface area (Å²) >= 11 is 0. The van der Waals surface area contributed by atoms with Gasteiger partial charge in [0.2, 0.25) is 0 Å². The van der Waals surface area contributed by atoms with Crippen molar-refractivity contribution in [2.75, 3.05) is 7.11 Å². The molecule has 2 nitrogen and oxygen atoms in total. The quantitative estimate of drug-likeness (QED) is 0.731. The van der Waals surface area contributed by atoms with E-state index in [1.165, 1.54) is 7.11 Å². The smallest absolute Gasteiger partial charge is 0.337 e. The second-order valence-corrected chi connectivity index (χ2v) is 5.69. The molecular formula is C17H17FO2. The Labute approximate surface area is 117 Å². The second kappa shape index (κ2) is 4.30. The van der Waals surface area contributed by atoms with Crippen molar-refractivity contribution in [3.8, 4) is 0 Å². The Morgan fingerprint density at radius 3 is 2.85 bits per heavy atom. The van der Waals surface area contributed by atoms with Crippen LogP contribution >= 0.6 is 0 Å². The number of aryl methyl sites for hydroxylation is 1. The van der Waals surface area contributed by atoms with E-state index < -0.39 is 5.67 Å². The van der Waals surface area contributed by atoms with Crippen LogP contribution in [0.2, 0.25) is 0 Å². The first-order valence-corrected chi connectivity index (χ1v) is 6.73. The summed E-state index contributed by atoms with van der Waals surface area (Å²) in [5.41, 5.74) is 1.85. The van der Waals surface area contributed by atoms with Crippen molar-refractivity contribution in [3.63, 3.8) is 0 Å². The summed E-state index contributed by atoms with van der Waals surface area (Å²) in [5, 5.41) is 0. The van der Waals surface area contributed by atoms with Crippen molar-refractivity contribution in [2.45, 2.75) is 25.4 Å². The minimum Gasteiger partial charge on any atom is -0.465 e. The Kier molecular flexibility index (Phi) is 2.82. The molecule has 0 aromatic heterocycles. The number of methoxy groups -OCH3 is 1. The Bertz CT molecular complexity index is 640. The van der Waals surface area contributed by atoms with Gasteiger partial charge in [0, 0.05) is 11.8 Å². The molecule has 0 saturated carbocycles. The van der Waals surface area contributed by atoms with E-state index in [9.17, 15) is 4.79 Å². The second-order valence-electron chi connectivity index (χ2n) is 5.69. The maximum atomic E-state index is 15.1. The maximum Gasteiger partial charge on any atom is 0.337 e. The topological polar surface area (TPSA) is 26.3 Å². The van der Waals surface area contributed by atoms with Crippen LogP contribution in [0.15, 0.2) is 42.0 Å². The molecule has 0 heterocycles. The zero-order valence-corrected chi connectivity index (χ0v) is 11.8. The predicted octanol–water partition coefficient (Wildman–Crippen LogP) is 3.56. The normalized spacial score (nSPS) is 30.5. The number of carbonyl (C=O) groups excluding carboxylic acids is 1. The van der Waals surface area contributed by atoms with Crippen LogP contribution in [0.3, 0.4) is 0 Å². The van der Waals surface area contributed by atoms with Crippen LogP contribution in [0.25, 0.3) is 0 Å². The Hall–Kier alpha value is -1.90. The number of esters is 1. The van der Waals surface area contributed by atoms with Gasteiger partial charge >= 0.3 is 5.97 Å². The van der Waals surface area contributed by atoms with E-state index in [1.807, 2.05) is 31.2 Å². The molecule has 1 aromatic rings. The van der Waals surface area contributed by atoms with Gasteiger partial charge in [0.1, 0.15) is 5.67 Å². The predicted molar refractivity (Wildman–Crippen MR) is 75.1 cm³/mol. The van der Waals surface area contributed by atoms with E-state index in [4.69, 9.17) is 4.74 Å². The van der Waals surface area contributed by atoms with Crippen molar-refractivity contribution in [1.82, 2.24) is 0 Å². The van der Waals surface area contributed by atoms with Gasteiger partial charge in [-0.2, -0.15) is 0 Å². The molecular weight excluding hydrogens is 255 g/mol. The van der Waals surface area contributed by atoms with E-state index in [2.05, 4.69) is 0 Å². The first-order chi connectivity index (χ1) is 9.45. The van der Waals surface area contributed by atoms with Gasteiger partial charge in [-0.3, -0.25) is 0 Å². The van der Waals surface area contributed by atoms with Crippen LogP contribution in [-0.4, -0.2) is 13.1 Å². The third kappa shape index (κ3) is 1.73. The van der Waals surface area contributed by atoms with E-state index in [1.54, 1.807) is 19.1 Å². The van der Waals surface area contributed by atoms with Crippen LogP contribution in [0.5, 0.6) is 0 Å². The third-order valence-electron chi connectivity index (χ3n) is 4.37. The van der Waals surface area contributed by atoms with Gasteiger partial charge in [-0.05, 0) is 25.0 Å². The Balaban J connectivity index is 2.12. The molecule has 104 valence electrons. The van der Waals surface area contributed by atoms with E-state index in [-0.39, 0.29) is 17.8 Å². The molecule has 0 bridgehead atoms. The monoisotopic (exact) mass is 272 g/mol. The highest BCUT2D eigenvalue weighted by Gasteiger charge is 2.49. The number of hydrogen-bond donors (Lipinski definition) is 0. The number of alkyl halides is 1. The van der Waals surface area contributed by atoms with Crippen molar-refractivity contribution < 1.29 is 13.9 Å². The van der Waals surface area contributed by atoms with Gasteiger partial charge < -0.3 is 4.74 Å². The summed E-state index contributed by atoms with van der Waals surface area (Å²) in [6.45, 7) is 3.58. The molecule has 0 aliphatic heterocycles. The van der Waals surface area contributed by atoms with Crippen molar-refractivity contribution >= 4 is 5.97 Å². The molecule has 0 radical (unpaired) electrons. The molecule has 0 saturated heterocycles. The molecule has 3 rings (SSSR count). The molecule has 3 unspecified atom stereocenters. The van der Waals surface area contributed by atoms with Gasteiger partial charge in [-0.1, -0.05) is 42.0 Å². The number of carbonyl (C=O) groups is 1. The van der Waals surface area contributed by atoms with Crippen LogP contribution in [0.1, 0.15) is 29.5 Å². The lowest BCUT2D eigenvalue weighted by atomic mass is 9.81. The zero-order valence-electron chi connectivity index (χ0n) is 11.8. The van der Waals surface area contributed by atoms with E-state index in [0.29, 0.717) is 5.57 Å². The van der Waals surface area contributed by atoms with Gasteiger partial charge in [-0.15, -0.1) is 0 Å². The van der Waals surface area contributed by atoms with Crippen molar-refractivity contribution in [1.29, 1.82) is 0 Å². The zero-order chi connectivity index (χ0) is 14.5. The largest absolute Gasteiger partial charge is 0.465 e. The highest BCUT2D eigenvalue weighted by molar-refractivity contribution is 5.92. The van der Waals surface area contributed by atoms with Gasteiger partial charge in [-0.25, -0.2) is 9.18 Å². The minimum absolute atomic E-state index is 0.0975. The van der Waals surface area contributed by atoms with E-state index in [0.717, 1.165) is 16.7 Å². The number of ether oxygens (including phenoxy) is 1. The van der Waals surface area contributed by atoms with Gasteiger partial charge in [0.05, 0.1) is 12.7 Å². The number of allylic oxidation sites excluding steroid dienone is 2. The summed E-state index contributed by atoms with van der Waals surface area (Å²) in [6.07, 6.45) is 5.30. The van der Waals surface area contributed by atoms with Crippen molar-refractivity contribution in [3.05, 3.63) is 58.7 Å². The van der Waals surface area contributed by atoms with Crippen LogP contribution in [0, 0.1) is 12.8 Å². The molecule has 0 fully saturated rings. The number of halogens is 1. The summed E-state index contributed by atoms with van der Waals surface area (Å²) < 4.78 is 19.9. The Morgan fingerprint density at radius 2 is 2.15 bits per heavy atom. The lowest BCUT2D eigenvalue weighted by Crippen LogP contribution is -2.24. The molecule has 20 heavy (non-hydrogen) atoms. The molecule has 2 aliphatic carbocycles. The molecule has 2 aliphatic rings. The van der Waals surface area contributed by atoms with Crippen LogP contribution < -0.4 is 0 Å². The van der Waals surface area contributed by atoms with E-state index >= 15 is 4.39 Å². The summed E-state index contributed by atoms with van der Waals surface area (Å²) in [4.78, 5) is 11.6. The van der Waals surface area contributed by atoms with Crippen molar-refractivity contribution in [2.24, 2.45) is 5.92 Å². The lowest BCUT2D eigenvalue weighted by molar-refractivity contribution is -0.135. The molecule has 0 amide bonds. The fraction of sp³-hybridized carbons (Fsp3) is 0.353. The molecule has 0 spiro atoms. The third-order valence-corrected chi connectivity index (χ3v) is 4.37. The van der Waals surface area contributed by atoms with Gasteiger partial charge in [0.15, 0.2) is 0 Å². The van der Waals surface area contributed by atoms with Gasteiger partial charge in [0.25, 0.3) is 0 Å².